The number of rotatable bonds is 7. The standard InChI is InChI=1S/C13H29N3/c1-5-6-8-14-10-12(2)16-9-7-13(11-16)15(3)4/h12-14H,5-11H2,1-4H3. The summed E-state index contributed by atoms with van der Waals surface area (Å²) in [6.07, 6.45) is 3.91. The Morgan fingerprint density at radius 2 is 2.19 bits per heavy atom. The molecule has 1 heterocycles. The van der Waals surface area contributed by atoms with E-state index >= 15 is 0 Å². The van der Waals surface area contributed by atoms with Crippen molar-refractivity contribution in [3.63, 3.8) is 0 Å². The zero-order valence-electron chi connectivity index (χ0n) is 11.5. The molecule has 1 N–H and O–H groups in total. The van der Waals surface area contributed by atoms with E-state index in [2.05, 4.69) is 43.1 Å². The van der Waals surface area contributed by atoms with E-state index in [1.54, 1.807) is 0 Å². The second kappa shape index (κ2) is 7.25. The summed E-state index contributed by atoms with van der Waals surface area (Å²) in [4.78, 5) is 4.97. The molecule has 2 atom stereocenters. The van der Waals surface area contributed by atoms with Crippen molar-refractivity contribution in [1.29, 1.82) is 0 Å². The average molecular weight is 227 g/mol. The van der Waals surface area contributed by atoms with Crippen LogP contribution in [0.1, 0.15) is 33.1 Å². The van der Waals surface area contributed by atoms with Gasteiger partial charge >= 0.3 is 0 Å². The number of nitrogens with zero attached hydrogens (tertiary/aromatic N) is 2. The van der Waals surface area contributed by atoms with Crippen LogP contribution in [0.3, 0.4) is 0 Å². The van der Waals surface area contributed by atoms with Crippen molar-refractivity contribution in [3.05, 3.63) is 0 Å². The molecule has 3 heteroatoms. The van der Waals surface area contributed by atoms with Gasteiger partial charge in [0.25, 0.3) is 0 Å². The van der Waals surface area contributed by atoms with Gasteiger partial charge in [0.15, 0.2) is 0 Å². The fourth-order valence-electron chi connectivity index (χ4n) is 2.33. The first-order valence-electron chi connectivity index (χ1n) is 6.76. The second-order valence-corrected chi connectivity index (χ2v) is 5.31. The van der Waals surface area contributed by atoms with Crippen molar-refractivity contribution in [1.82, 2.24) is 15.1 Å². The Labute approximate surface area is 101 Å². The molecule has 0 aliphatic carbocycles. The van der Waals surface area contributed by atoms with E-state index in [9.17, 15) is 0 Å². The van der Waals surface area contributed by atoms with Gasteiger partial charge in [-0.25, -0.2) is 0 Å². The van der Waals surface area contributed by atoms with Gasteiger partial charge in [-0.2, -0.15) is 0 Å². The van der Waals surface area contributed by atoms with Gasteiger partial charge in [0.2, 0.25) is 0 Å². The van der Waals surface area contributed by atoms with E-state index in [0.29, 0.717) is 6.04 Å². The minimum atomic E-state index is 0.682. The quantitative estimate of drug-likeness (QED) is 0.663. The lowest BCUT2D eigenvalue weighted by atomic mass is 10.2. The summed E-state index contributed by atoms with van der Waals surface area (Å²) in [5.41, 5.74) is 0. The minimum absolute atomic E-state index is 0.682. The van der Waals surface area contributed by atoms with Gasteiger partial charge in [-0.3, -0.25) is 4.90 Å². The van der Waals surface area contributed by atoms with E-state index in [1.165, 1.54) is 38.9 Å². The third kappa shape index (κ3) is 4.40. The summed E-state index contributed by atoms with van der Waals surface area (Å²) in [6.45, 7) is 9.40. The van der Waals surface area contributed by atoms with E-state index in [-0.39, 0.29) is 0 Å². The molecule has 1 saturated heterocycles. The van der Waals surface area contributed by atoms with Crippen LogP contribution in [0.5, 0.6) is 0 Å². The van der Waals surface area contributed by atoms with Crippen molar-refractivity contribution in [2.24, 2.45) is 0 Å². The Kier molecular flexibility index (Phi) is 6.32. The van der Waals surface area contributed by atoms with Crippen LogP contribution in [0.4, 0.5) is 0 Å². The highest BCUT2D eigenvalue weighted by Crippen LogP contribution is 2.15. The highest BCUT2D eigenvalue weighted by atomic mass is 15.3. The zero-order chi connectivity index (χ0) is 12.0. The van der Waals surface area contributed by atoms with Crippen molar-refractivity contribution >= 4 is 0 Å². The van der Waals surface area contributed by atoms with Crippen LogP contribution < -0.4 is 5.32 Å². The molecule has 2 unspecified atom stereocenters. The van der Waals surface area contributed by atoms with Crippen LogP contribution in [0, 0.1) is 0 Å². The van der Waals surface area contributed by atoms with Crippen LogP contribution in [0.15, 0.2) is 0 Å². The molecule has 0 aromatic heterocycles. The first-order valence-corrected chi connectivity index (χ1v) is 6.76. The number of unbranched alkanes of at least 4 members (excludes halogenated alkanes) is 1. The molecule has 0 aromatic rings. The Balaban J connectivity index is 2.15. The molecule has 1 aliphatic heterocycles. The largest absolute Gasteiger partial charge is 0.315 e. The van der Waals surface area contributed by atoms with Crippen molar-refractivity contribution < 1.29 is 0 Å². The number of likely N-dealkylation sites (tertiary alicyclic amines) is 1. The molecule has 1 aliphatic rings. The van der Waals surface area contributed by atoms with Gasteiger partial charge in [0.1, 0.15) is 0 Å². The smallest absolute Gasteiger partial charge is 0.0229 e. The maximum Gasteiger partial charge on any atom is 0.0229 e. The summed E-state index contributed by atoms with van der Waals surface area (Å²) in [5.74, 6) is 0. The van der Waals surface area contributed by atoms with Gasteiger partial charge in [-0.05, 0) is 40.4 Å². The predicted octanol–water partition coefficient (Wildman–Crippen LogP) is 1.40. The SMILES string of the molecule is CCCCNCC(C)N1CCC(N(C)C)C1. The van der Waals surface area contributed by atoms with E-state index in [4.69, 9.17) is 0 Å². The van der Waals surface area contributed by atoms with Crippen LogP contribution in [-0.2, 0) is 0 Å². The Morgan fingerprint density at radius 3 is 2.75 bits per heavy atom. The molecular formula is C13H29N3. The van der Waals surface area contributed by atoms with Gasteiger partial charge in [-0.1, -0.05) is 13.3 Å². The summed E-state index contributed by atoms with van der Waals surface area (Å²) in [7, 11) is 4.39. The molecule has 96 valence electrons. The molecule has 3 nitrogen and oxygen atoms in total. The third-order valence-corrected chi connectivity index (χ3v) is 3.70. The molecule has 0 aromatic carbocycles. The lowest BCUT2D eigenvalue weighted by Crippen LogP contribution is -2.41. The lowest BCUT2D eigenvalue weighted by Gasteiger charge is -2.26. The molecule has 0 spiro atoms. The van der Waals surface area contributed by atoms with Crippen LogP contribution in [0.25, 0.3) is 0 Å². The third-order valence-electron chi connectivity index (χ3n) is 3.70. The summed E-state index contributed by atoms with van der Waals surface area (Å²) < 4.78 is 0. The number of likely N-dealkylation sites (N-methyl/N-ethyl adjacent to an activating group) is 1. The summed E-state index contributed by atoms with van der Waals surface area (Å²) >= 11 is 0. The van der Waals surface area contributed by atoms with Gasteiger partial charge in [-0.15, -0.1) is 0 Å². The molecule has 0 bridgehead atoms. The maximum atomic E-state index is 3.55. The Hall–Kier alpha value is -0.120. The van der Waals surface area contributed by atoms with E-state index < -0.39 is 0 Å². The lowest BCUT2D eigenvalue weighted by molar-refractivity contribution is 0.222. The number of hydrogen-bond acceptors (Lipinski definition) is 3. The fourth-order valence-corrected chi connectivity index (χ4v) is 2.33. The van der Waals surface area contributed by atoms with Gasteiger partial charge in [0.05, 0.1) is 0 Å². The molecular weight excluding hydrogens is 198 g/mol. The van der Waals surface area contributed by atoms with Crippen LogP contribution in [-0.4, -0.2) is 62.2 Å². The minimum Gasteiger partial charge on any atom is -0.315 e. The van der Waals surface area contributed by atoms with E-state index in [1.807, 2.05) is 0 Å². The van der Waals surface area contributed by atoms with Crippen molar-refractivity contribution in [2.45, 2.75) is 45.2 Å². The molecule has 0 saturated carbocycles. The summed E-state index contributed by atoms with van der Waals surface area (Å²) in [6, 6.07) is 1.44. The normalized spacial score (nSPS) is 24.2. The molecule has 16 heavy (non-hydrogen) atoms. The zero-order valence-corrected chi connectivity index (χ0v) is 11.5. The summed E-state index contributed by atoms with van der Waals surface area (Å²) in [5, 5.41) is 3.55. The first-order chi connectivity index (χ1) is 7.65. The van der Waals surface area contributed by atoms with Gasteiger partial charge < -0.3 is 10.2 Å². The Morgan fingerprint density at radius 1 is 1.44 bits per heavy atom. The number of nitrogens with one attached hydrogen (secondary N) is 1. The topological polar surface area (TPSA) is 18.5 Å². The maximum absolute atomic E-state index is 3.55. The van der Waals surface area contributed by atoms with Crippen LogP contribution in [0.2, 0.25) is 0 Å². The fraction of sp³-hybridized carbons (Fsp3) is 1.00. The molecule has 1 fully saturated rings. The number of hydrogen-bond donors (Lipinski definition) is 1. The van der Waals surface area contributed by atoms with Crippen LogP contribution >= 0.6 is 0 Å². The monoisotopic (exact) mass is 227 g/mol. The van der Waals surface area contributed by atoms with E-state index in [0.717, 1.165) is 12.6 Å². The highest BCUT2D eigenvalue weighted by molar-refractivity contribution is 4.84. The average Bonchev–Trinajstić information content (AvgIpc) is 2.73. The van der Waals surface area contributed by atoms with Gasteiger partial charge in [0, 0.05) is 31.7 Å². The van der Waals surface area contributed by atoms with Crippen molar-refractivity contribution in [3.8, 4) is 0 Å². The highest BCUT2D eigenvalue weighted by Gasteiger charge is 2.26. The molecule has 0 amide bonds. The molecule has 1 rings (SSSR count). The second-order valence-electron chi connectivity index (χ2n) is 5.31. The first kappa shape index (κ1) is 13.9. The Bertz CT molecular complexity index is 182. The van der Waals surface area contributed by atoms with Crippen molar-refractivity contribution in [2.75, 3.05) is 40.3 Å². The predicted molar refractivity (Wildman–Crippen MR) is 70.9 cm³/mol. The molecule has 0 radical (unpaired) electrons.